The summed E-state index contributed by atoms with van der Waals surface area (Å²) in [6.07, 6.45) is 1.72. The molecule has 2 heterocycles. The molecule has 0 amide bonds. The molecule has 19 heavy (non-hydrogen) atoms. The second-order valence-corrected chi connectivity index (χ2v) is 5.32. The van der Waals surface area contributed by atoms with Crippen LogP contribution in [0.2, 0.25) is 0 Å². The van der Waals surface area contributed by atoms with Gasteiger partial charge in [-0.15, -0.1) is 0 Å². The number of hydrogen-bond donors (Lipinski definition) is 2. The number of nitrogens with two attached hydrogens (primary N) is 1. The number of benzene rings is 1. The van der Waals surface area contributed by atoms with Gasteiger partial charge in [-0.25, -0.2) is 0 Å². The molecular formula is C14H17N3O2. The summed E-state index contributed by atoms with van der Waals surface area (Å²) in [5.74, 6) is 1.41. The van der Waals surface area contributed by atoms with E-state index in [0.29, 0.717) is 12.4 Å². The Bertz CT molecular complexity index is 576. The van der Waals surface area contributed by atoms with Gasteiger partial charge in [-0.2, -0.15) is 5.10 Å². The van der Waals surface area contributed by atoms with Crippen molar-refractivity contribution < 1.29 is 9.47 Å². The van der Waals surface area contributed by atoms with Crippen LogP contribution in [0.4, 0.5) is 5.82 Å². The fourth-order valence-corrected chi connectivity index (χ4v) is 2.07. The van der Waals surface area contributed by atoms with Crippen molar-refractivity contribution in [2.75, 3.05) is 25.6 Å². The highest BCUT2D eigenvalue weighted by atomic mass is 16.5. The Morgan fingerprint density at radius 3 is 2.95 bits per heavy atom. The van der Waals surface area contributed by atoms with E-state index in [1.54, 1.807) is 6.20 Å². The Labute approximate surface area is 111 Å². The maximum absolute atomic E-state index is 5.84. The molecule has 5 nitrogen and oxygen atoms in total. The molecule has 0 atom stereocenters. The second-order valence-electron chi connectivity index (χ2n) is 5.32. The standard InChI is InChI=1S/C14H17N3O2/c1-14(7-18-8-14)9-19-11-4-2-3-10(5-11)12-6-16-17-13(12)15/h2-6H,7-9H2,1H3,(H3,15,16,17). The average Bonchev–Trinajstić information content (AvgIpc) is 2.81. The lowest BCUT2D eigenvalue weighted by Gasteiger charge is -2.37. The summed E-state index contributed by atoms with van der Waals surface area (Å²) in [6, 6.07) is 7.87. The molecule has 2 aromatic rings. The van der Waals surface area contributed by atoms with E-state index in [9.17, 15) is 0 Å². The van der Waals surface area contributed by atoms with Crippen molar-refractivity contribution in [1.29, 1.82) is 0 Å². The van der Waals surface area contributed by atoms with Crippen LogP contribution in [0.1, 0.15) is 6.92 Å². The molecule has 3 rings (SSSR count). The van der Waals surface area contributed by atoms with E-state index in [-0.39, 0.29) is 5.41 Å². The SMILES string of the molecule is CC1(COc2cccc(-c3cn[nH]c3N)c2)COC1. The minimum atomic E-state index is 0.144. The molecule has 0 aliphatic carbocycles. The Hall–Kier alpha value is -2.01. The Morgan fingerprint density at radius 2 is 2.32 bits per heavy atom. The minimum Gasteiger partial charge on any atom is -0.493 e. The fraction of sp³-hybridized carbons (Fsp3) is 0.357. The molecule has 1 aromatic heterocycles. The molecule has 1 aliphatic rings. The summed E-state index contributed by atoms with van der Waals surface area (Å²) in [5, 5.41) is 6.66. The Balaban J connectivity index is 1.75. The number of nitrogen functional groups attached to an aromatic ring is 1. The van der Waals surface area contributed by atoms with Gasteiger partial charge in [0.05, 0.1) is 26.0 Å². The number of aromatic nitrogens is 2. The topological polar surface area (TPSA) is 73.2 Å². The molecule has 1 aromatic carbocycles. The van der Waals surface area contributed by atoms with Gasteiger partial charge >= 0.3 is 0 Å². The van der Waals surface area contributed by atoms with E-state index >= 15 is 0 Å². The lowest BCUT2D eigenvalue weighted by Crippen LogP contribution is -2.44. The maximum atomic E-state index is 5.84. The van der Waals surface area contributed by atoms with Crippen molar-refractivity contribution in [3.63, 3.8) is 0 Å². The zero-order valence-corrected chi connectivity index (χ0v) is 10.8. The van der Waals surface area contributed by atoms with Crippen LogP contribution in [0.3, 0.4) is 0 Å². The van der Waals surface area contributed by atoms with Crippen molar-refractivity contribution in [3.05, 3.63) is 30.5 Å². The third kappa shape index (κ3) is 2.42. The smallest absolute Gasteiger partial charge is 0.126 e. The van der Waals surface area contributed by atoms with Gasteiger partial charge in [-0.05, 0) is 17.7 Å². The van der Waals surface area contributed by atoms with Crippen LogP contribution in [0, 0.1) is 5.41 Å². The first-order valence-corrected chi connectivity index (χ1v) is 6.26. The normalized spacial score (nSPS) is 16.9. The van der Waals surface area contributed by atoms with Crippen molar-refractivity contribution in [1.82, 2.24) is 10.2 Å². The zero-order valence-electron chi connectivity index (χ0n) is 10.8. The van der Waals surface area contributed by atoms with E-state index in [2.05, 4.69) is 17.1 Å². The lowest BCUT2D eigenvalue weighted by atomic mass is 9.90. The predicted molar refractivity (Wildman–Crippen MR) is 72.9 cm³/mol. The van der Waals surface area contributed by atoms with Crippen LogP contribution >= 0.6 is 0 Å². The summed E-state index contributed by atoms with van der Waals surface area (Å²) >= 11 is 0. The quantitative estimate of drug-likeness (QED) is 0.881. The molecular weight excluding hydrogens is 242 g/mol. The highest BCUT2D eigenvalue weighted by Crippen LogP contribution is 2.30. The van der Waals surface area contributed by atoms with E-state index in [1.165, 1.54) is 0 Å². The summed E-state index contributed by atoms with van der Waals surface area (Å²) in [5.41, 5.74) is 7.86. The van der Waals surface area contributed by atoms with Crippen molar-refractivity contribution >= 4 is 5.82 Å². The first kappa shape index (κ1) is 12.0. The van der Waals surface area contributed by atoms with Crippen LogP contribution < -0.4 is 10.5 Å². The number of H-pyrrole nitrogens is 1. The summed E-state index contributed by atoms with van der Waals surface area (Å²) < 4.78 is 11.1. The highest BCUT2D eigenvalue weighted by molar-refractivity contribution is 5.73. The third-order valence-corrected chi connectivity index (χ3v) is 3.30. The third-order valence-electron chi connectivity index (χ3n) is 3.30. The molecule has 0 radical (unpaired) electrons. The summed E-state index contributed by atoms with van der Waals surface area (Å²) in [7, 11) is 0. The van der Waals surface area contributed by atoms with Crippen molar-refractivity contribution in [3.8, 4) is 16.9 Å². The lowest BCUT2D eigenvalue weighted by molar-refractivity contribution is -0.120. The number of anilines is 1. The summed E-state index contributed by atoms with van der Waals surface area (Å²) in [6.45, 7) is 4.36. The van der Waals surface area contributed by atoms with E-state index < -0.39 is 0 Å². The molecule has 0 saturated carbocycles. The van der Waals surface area contributed by atoms with Crippen LogP contribution in [0.25, 0.3) is 11.1 Å². The van der Waals surface area contributed by atoms with E-state index in [4.69, 9.17) is 15.2 Å². The average molecular weight is 259 g/mol. The van der Waals surface area contributed by atoms with Crippen LogP contribution in [-0.2, 0) is 4.74 Å². The minimum absolute atomic E-state index is 0.144. The van der Waals surface area contributed by atoms with Gasteiger partial charge in [-0.3, -0.25) is 5.10 Å². The van der Waals surface area contributed by atoms with Gasteiger partial charge in [0.25, 0.3) is 0 Å². The number of aromatic amines is 1. The zero-order chi connectivity index (χ0) is 13.3. The largest absolute Gasteiger partial charge is 0.493 e. The van der Waals surface area contributed by atoms with Crippen molar-refractivity contribution in [2.24, 2.45) is 5.41 Å². The molecule has 3 N–H and O–H groups in total. The van der Waals surface area contributed by atoms with Gasteiger partial charge in [0.2, 0.25) is 0 Å². The van der Waals surface area contributed by atoms with E-state index in [1.807, 2.05) is 24.3 Å². The number of rotatable bonds is 4. The van der Waals surface area contributed by atoms with Gasteiger partial charge < -0.3 is 15.2 Å². The molecule has 1 saturated heterocycles. The maximum Gasteiger partial charge on any atom is 0.126 e. The molecule has 0 spiro atoms. The second kappa shape index (κ2) is 4.59. The molecule has 0 bridgehead atoms. The number of hydrogen-bond acceptors (Lipinski definition) is 4. The Morgan fingerprint density at radius 1 is 1.47 bits per heavy atom. The molecule has 0 unspecified atom stereocenters. The van der Waals surface area contributed by atoms with Gasteiger partial charge in [0.1, 0.15) is 11.6 Å². The highest BCUT2D eigenvalue weighted by Gasteiger charge is 2.34. The first-order chi connectivity index (χ1) is 9.16. The van der Waals surface area contributed by atoms with Gasteiger partial charge in [0.15, 0.2) is 0 Å². The molecule has 5 heteroatoms. The number of ether oxygens (including phenoxy) is 2. The molecule has 1 aliphatic heterocycles. The van der Waals surface area contributed by atoms with Crippen LogP contribution in [-0.4, -0.2) is 30.0 Å². The molecule has 100 valence electrons. The van der Waals surface area contributed by atoms with Crippen LogP contribution in [0.15, 0.2) is 30.5 Å². The van der Waals surface area contributed by atoms with Crippen LogP contribution in [0.5, 0.6) is 5.75 Å². The van der Waals surface area contributed by atoms with Gasteiger partial charge in [-0.1, -0.05) is 19.1 Å². The van der Waals surface area contributed by atoms with Crippen molar-refractivity contribution in [2.45, 2.75) is 6.92 Å². The monoisotopic (exact) mass is 259 g/mol. The van der Waals surface area contributed by atoms with Gasteiger partial charge in [0, 0.05) is 11.0 Å². The summed E-state index contributed by atoms with van der Waals surface area (Å²) in [4.78, 5) is 0. The Kier molecular flexibility index (Phi) is 2.91. The number of nitrogens with zero attached hydrogens (tertiary/aromatic N) is 1. The first-order valence-electron chi connectivity index (χ1n) is 6.26. The fourth-order valence-electron chi connectivity index (χ4n) is 2.07. The van der Waals surface area contributed by atoms with E-state index in [0.717, 1.165) is 30.1 Å². The predicted octanol–water partition coefficient (Wildman–Crippen LogP) is 2.07. The number of nitrogens with one attached hydrogen (secondary N) is 1. The molecule has 1 fully saturated rings.